The monoisotopic (exact) mass is 343 g/mol. The molecule has 1 fully saturated rings. The van der Waals surface area contributed by atoms with Crippen molar-refractivity contribution >= 4 is 17.5 Å². The molecule has 1 unspecified atom stereocenters. The van der Waals surface area contributed by atoms with Gasteiger partial charge >= 0.3 is 0 Å². The summed E-state index contributed by atoms with van der Waals surface area (Å²) in [5.41, 5.74) is 2.13. The van der Waals surface area contributed by atoms with Crippen LogP contribution < -0.4 is 0 Å². The third-order valence-electron chi connectivity index (χ3n) is 4.57. The molecule has 5 heteroatoms. The molecule has 0 saturated carbocycles. The first kappa shape index (κ1) is 16.9. The highest BCUT2D eigenvalue weighted by Gasteiger charge is 2.28. The Hall–Kier alpha value is -1.91. The largest absolute Gasteiger partial charge is 0.340 e. The average molecular weight is 344 g/mol. The summed E-state index contributed by atoms with van der Waals surface area (Å²) in [5, 5.41) is 0.688. The number of pyridine rings is 1. The second-order valence-electron chi connectivity index (χ2n) is 6.29. The Morgan fingerprint density at radius 1 is 1.08 bits per heavy atom. The lowest BCUT2D eigenvalue weighted by molar-refractivity contribution is -0.134. The number of carbonyl (C=O) groups is 1. The maximum Gasteiger partial charge on any atom is 0.230 e. The van der Waals surface area contributed by atoms with Crippen LogP contribution in [-0.2, 0) is 11.2 Å². The van der Waals surface area contributed by atoms with E-state index in [0.29, 0.717) is 11.4 Å². The molecule has 1 aromatic heterocycles. The molecule has 1 atom stereocenters. The van der Waals surface area contributed by atoms with Gasteiger partial charge in [-0.1, -0.05) is 23.7 Å². The van der Waals surface area contributed by atoms with Crippen LogP contribution in [0.5, 0.6) is 0 Å². The number of rotatable bonds is 4. The third kappa shape index (κ3) is 4.13. The number of hydrogen-bond acceptors (Lipinski definition) is 3. The first-order chi connectivity index (χ1) is 11.6. The number of piperazine rings is 1. The van der Waals surface area contributed by atoms with Gasteiger partial charge in [-0.2, -0.15) is 0 Å². The summed E-state index contributed by atoms with van der Waals surface area (Å²) in [6.45, 7) is 3.42. The molecule has 2 heterocycles. The highest BCUT2D eigenvalue weighted by molar-refractivity contribution is 6.30. The molecule has 1 amide bonds. The van der Waals surface area contributed by atoms with Crippen molar-refractivity contribution in [2.45, 2.75) is 12.3 Å². The Morgan fingerprint density at radius 3 is 2.33 bits per heavy atom. The molecule has 1 aromatic carbocycles. The van der Waals surface area contributed by atoms with Crippen molar-refractivity contribution in [1.82, 2.24) is 14.8 Å². The topological polar surface area (TPSA) is 36.4 Å². The molecule has 2 aromatic rings. The standard InChI is InChI=1S/C19H22ClN3O/c1-22-10-12-23(13-11-22)19(24)18(14-15-6-8-21-9-7-15)16-2-4-17(20)5-3-16/h2-9,18H,10-14H2,1H3. The van der Waals surface area contributed by atoms with Crippen LogP contribution >= 0.6 is 11.6 Å². The van der Waals surface area contributed by atoms with E-state index in [9.17, 15) is 4.79 Å². The minimum atomic E-state index is -0.187. The molecule has 0 spiro atoms. The summed E-state index contributed by atoms with van der Waals surface area (Å²) < 4.78 is 0. The number of carbonyl (C=O) groups excluding carboxylic acids is 1. The Bertz CT molecular complexity index is 667. The van der Waals surface area contributed by atoms with Gasteiger partial charge in [0.1, 0.15) is 0 Å². The zero-order valence-electron chi connectivity index (χ0n) is 13.9. The van der Waals surface area contributed by atoms with E-state index < -0.39 is 0 Å². The third-order valence-corrected chi connectivity index (χ3v) is 4.83. The predicted octanol–water partition coefficient (Wildman–Crippen LogP) is 2.84. The summed E-state index contributed by atoms with van der Waals surface area (Å²) in [6.07, 6.45) is 4.22. The van der Waals surface area contributed by atoms with Crippen LogP contribution in [0.4, 0.5) is 0 Å². The summed E-state index contributed by atoms with van der Waals surface area (Å²) in [5.74, 6) is 0.00954. The van der Waals surface area contributed by atoms with Crippen molar-refractivity contribution in [2.24, 2.45) is 0 Å². The highest BCUT2D eigenvalue weighted by atomic mass is 35.5. The zero-order valence-corrected chi connectivity index (χ0v) is 14.6. The number of hydrogen-bond donors (Lipinski definition) is 0. The molecule has 0 aliphatic carbocycles. The SMILES string of the molecule is CN1CCN(C(=O)C(Cc2ccncc2)c2ccc(Cl)cc2)CC1. The Kier molecular flexibility index (Phi) is 5.48. The summed E-state index contributed by atoms with van der Waals surface area (Å²) in [4.78, 5) is 21.5. The molecule has 126 valence electrons. The van der Waals surface area contributed by atoms with Gasteiger partial charge in [-0.25, -0.2) is 0 Å². The Labute approximate surface area is 148 Å². The van der Waals surface area contributed by atoms with E-state index in [4.69, 9.17) is 11.6 Å². The van der Waals surface area contributed by atoms with Crippen molar-refractivity contribution in [3.05, 3.63) is 64.9 Å². The molecule has 1 aliphatic heterocycles. The van der Waals surface area contributed by atoms with Crippen LogP contribution in [0.25, 0.3) is 0 Å². The maximum atomic E-state index is 13.2. The van der Waals surface area contributed by atoms with Gasteiger partial charge in [-0.05, 0) is 48.9 Å². The van der Waals surface area contributed by atoms with Crippen LogP contribution in [0.3, 0.4) is 0 Å². The van der Waals surface area contributed by atoms with Gasteiger partial charge in [0.15, 0.2) is 0 Å². The van der Waals surface area contributed by atoms with Gasteiger partial charge in [0.25, 0.3) is 0 Å². The van der Waals surface area contributed by atoms with E-state index in [1.54, 1.807) is 12.4 Å². The number of halogens is 1. The van der Waals surface area contributed by atoms with Gasteiger partial charge in [0.05, 0.1) is 5.92 Å². The quantitative estimate of drug-likeness (QED) is 0.856. The Morgan fingerprint density at radius 2 is 1.71 bits per heavy atom. The first-order valence-electron chi connectivity index (χ1n) is 8.25. The van der Waals surface area contributed by atoms with E-state index in [0.717, 1.165) is 37.3 Å². The summed E-state index contributed by atoms with van der Waals surface area (Å²) >= 11 is 6.01. The molecule has 24 heavy (non-hydrogen) atoms. The van der Waals surface area contributed by atoms with Crippen LogP contribution in [0, 0.1) is 0 Å². The van der Waals surface area contributed by atoms with Gasteiger partial charge < -0.3 is 9.80 Å². The van der Waals surface area contributed by atoms with Crippen molar-refractivity contribution in [3.63, 3.8) is 0 Å². The van der Waals surface area contributed by atoms with E-state index >= 15 is 0 Å². The van der Waals surface area contributed by atoms with Gasteiger partial charge in [0.2, 0.25) is 5.91 Å². The molecule has 1 aliphatic rings. The maximum absolute atomic E-state index is 13.2. The summed E-state index contributed by atoms with van der Waals surface area (Å²) in [6, 6.07) is 11.6. The lowest BCUT2D eigenvalue weighted by Crippen LogP contribution is -2.48. The second kappa shape index (κ2) is 7.77. The number of nitrogens with zero attached hydrogens (tertiary/aromatic N) is 3. The van der Waals surface area contributed by atoms with Crippen LogP contribution in [0.15, 0.2) is 48.8 Å². The number of aromatic nitrogens is 1. The minimum Gasteiger partial charge on any atom is -0.340 e. The van der Waals surface area contributed by atoms with E-state index in [1.165, 1.54) is 0 Å². The first-order valence-corrected chi connectivity index (χ1v) is 8.63. The Balaban J connectivity index is 1.83. The van der Waals surface area contributed by atoms with Gasteiger partial charge in [-0.3, -0.25) is 9.78 Å². The smallest absolute Gasteiger partial charge is 0.230 e. The summed E-state index contributed by atoms with van der Waals surface area (Å²) in [7, 11) is 2.09. The van der Waals surface area contributed by atoms with Crippen molar-refractivity contribution < 1.29 is 4.79 Å². The van der Waals surface area contributed by atoms with E-state index in [1.807, 2.05) is 41.3 Å². The zero-order chi connectivity index (χ0) is 16.9. The van der Waals surface area contributed by atoms with Crippen LogP contribution in [0.1, 0.15) is 17.0 Å². The lowest BCUT2D eigenvalue weighted by Gasteiger charge is -2.35. The molecule has 4 nitrogen and oxygen atoms in total. The minimum absolute atomic E-state index is 0.187. The van der Waals surface area contributed by atoms with Crippen molar-refractivity contribution in [3.8, 4) is 0 Å². The van der Waals surface area contributed by atoms with E-state index in [2.05, 4.69) is 16.9 Å². The highest BCUT2D eigenvalue weighted by Crippen LogP contribution is 2.25. The second-order valence-corrected chi connectivity index (χ2v) is 6.73. The lowest BCUT2D eigenvalue weighted by atomic mass is 9.91. The molecular weight excluding hydrogens is 322 g/mol. The normalized spacial score (nSPS) is 16.8. The van der Waals surface area contributed by atoms with Crippen LogP contribution in [-0.4, -0.2) is 53.9 Å². The number of likely N-dealkylation sites (N-methyl/N-ethyl adjacent to an activating group) is 1. The van der Waals surface area contributed by atoms with Crippen LogP contribution in [0.2, 0.25) is 5.02 Å². The molecule has 1 saturated heterocycles. The van der Waals surface area contributed by atoms with Gasteiger partial charge in [0, 0.05) is 43.6 Å². The number of amides is 1. The fraction of sp³-hybridized carbons (Fsp3) is 0.368. The molecule has 0 radical (unpaired) electrons. The molecular formula is C19H22ClN3O. The van der Waals surface area contributed by atoms with E-state index in [-0.39, 0.29) is 11.8 Å². The molecule has 3 rings (SSSR count). The van der Waals surface area contributed by atoms with Crippen molar-refractivity contribution in [1.29, 1.82) is 0 Å². The molecule has 0 N–H and O–H groups in total. The molecule has 0 bridgehead atoms. The van der Waals surface area contributed by atoms with Gasteiger partial charge in [-0.15, -0.1) is 0 Å². The predicted molar refractivity (Wildman–Crippen MR) is 96.2 cm³/mol. The fourth-order valence-corrected chi connectivity index (χ4v) is 3.17. The fourth-order valence-electron chi connectivity index (χ4n) is 3.04. The average Bonchev–Trinajstić information content (AvgIpc) is 2.62. The van der Waals surface area contributed by atoms with Crippen molar-refractivity contribution in [2.75, 3.05) is 33.2 Å². The number of benzene rings is 1.